The van der Waals surface area contributed by atoms with Gasteiger partial charge in [-0.3, -0.25) is 0 Å². The third-order valence-corrected chi connectivity index (χ3v) is 3.45. The summed E-state index contributed by atoms with van der Waals surface area (Å²) in [5, 5.41) is 11.8. The molecule has 0 atom stereocenters. The molecule has 2 aromatic rings. The van der Waals surface area contributed by atoms with Gasteiger partial charge < -0.3 is 5.32 Å². The molecular weight excluding hydrogens is 260 g/mol. The molecule has 1 aromatic heterocycles. The first-order chi connectivity index (χ1) is 9.66. The molecule has 1 heterocycles. The average Bonchev–Trinajstić information content (AvgIpc) is 2.84. The van der Waals surface area contributed by atoms with Crippen molar-refractivity contribution < 1.29 is 0 Å². The molecule has 0 fully saturated rings. The van der Waals surface area contributed by atoms with E-state index in [4.69, 9.17) is 0 Å². The van der Waals surface area contributed by atoms with Crippen LogP contribution in [0.25, 0.3) is 0 Å². The molecule has 0 amide bonds. The fraction of sp³-hybridized carbons (Fsp3) is 0.529. The van der Waals surface area contributed by atoms with E-state index in [1.165, 1.54) is 5.56 Å². The van der Waals surface area contributed by atoms with E-state index in [2.05, 4.69) is 81.4 Å². The molecule has 0 saturated carbocycles. The Kier molecular flexibility index (Phi) is 4.08. The van der Waals surface area contributed by atoms with Crippen LogP contribution >= 0.6 is 0 Å². The maximum atomic E-state index is 4.20. The van der Waals surface area contributed by atoms with E-state index in [-0.39, 0.29) is 11.0 Å². The monoisotopic (exact) mass is 286 g/mol. The summed E-state index contributed by atoms with van der Waals surface area (Å²) in [7, 11) is 0. The van der Waals surface area contributed by atoms with Gasteiger partial charge in [0.1, 0.15) is 5.69 Å². The van der Waals surface area contributed by atoms with Gasteiger partial charge in [0, 0.05) is 5.69 Å². The van der Waals surface area contributed by atoms with Gasteiger partial charge in [0.05, 0.1) is 18.3 Å². The molecule has 0 aliphatic heterocycles. The van der Waals surface area contributed by atoms with Crippen molar-refractivity contribution in [2.24, 2.45) is 0 Å². The second-order valence-corrected chi connectivity index (χ2v) is 7.51. The minimum Gasteiger partial charge on any atom is -0.379 e. The summed E-state index contributed by atoms with van der Waals surface area (Å²) in [5.74, 6) is 0. The van der Waals surface area contributed by atoms with Crippen LogP contribution in [0.4, 0.5) is 5.69 Å². The van der Waals surface area contributed by atoms with Crippen LogP contribution in [0, 0.1) is 0 Å². The minimum absolute atomic E-state index is 0.0282. The van der Waals surface area contributed by atoms with E-state index >= 15 is 0 Å². The number of nitrogens with one attached hydrogen (secondary N) is 1. The van der Waals surface area contributed by atoms with E-state index < -0.39 is 0 Å². The lowest BCUT2D eigenvalue weighted by atomic mass is 9.87. The van der Waals surface area contributed by atoms with Gasteiger partial charge in [-0.1, -0.05) is 38.1 Å². The van der Waals surface area contributed by atoms with Crippen molar-refractivity contribution in [3.05, 3.63) is 41.7 Å². The molecule has 0 spiro atoms. The Morgan fingerprint density at radius 3 is 2.10 bits per heavy atom. The number of nitrogens with zero attached hydrogens (tertiary/aromatic N) is 3. The Morgan fingerprint density at radius 1 is 1.00 bits per heavy atom. The summed E-state index contributed by atoms with van der Waals surface area (Å²) in [6.07, 6.45) is 2.00. The zero-order valence-electron chi connectivity index (χ0n) is 13.9. The summed E-state index contributed by atoms with van der Waals surface area (Å²) in [6.45, 7) is 13.7. The quantitative estimate of drug-likeness (QED) is 0.929. The Labute approximate surface area is 127 Å². The molecule has 0 unspecified atom stereocenters. The summed E-state index contributed by atoms with van der Waals surface area (Å²) < 4.78 is 1.90. The van der Waals surface area contributed by atoms with E-state index in [0.717, 1.165) is 11.4 Å². The van der Waals surface area contributed by atoms with Crippen LogP contribution in [-0.4, -0.2) is 15.0 Å². The van der Waals surface area contributed by atoms with Crippen LogP contribution in [0.1, 0.15) is 52.8 Å². The molecule has 4 nitrogen and oxygen atoms in total. The number of hydrogen-bond acceptors (Lipinski definition) is 3. The molecular formula is C17H26N4. The molecule has 4 heteroatoms. The van der Waals surface area contributed by atoms with Gasteiger partial charge in [0.25, 0.3) is 0 Å². The Balaban J connectivity index is 1.99. The summed E-state index contributed by atoms with van der Waals surface area (Å²) >= 11 is 0. The second-order valence-electron chi connectivity index (χ2n) is 7.51. The van der Waals surface area contributed by atoms with Gasteiger partial charge in [0.2, 0.25) is 0 Å². The molecule has 0 aliphatic rings. The molecule has 1 N–H and O–H groups in total. The van der Waals surface area contributed by atoms with Gasteiger partial charge in [-0.05, 0) is 43.9 Å². The van der Waals surface area contributed by atoms with E-state index in [1.54, 1.807) is 0 Å². The van der Waals surface area contributed by atoms with Crippen molar-refractivity contribution in [1.82, 2.24) is 15.0 Å². The first-order valence-electron chi connectivity index (χ1n) is 7.42. The van der Waals surface area contributed by atoms with Crippen LogP contribution in [0.15, 0.2) is 30.5 Å². The highest BCUT2D eigenvalue weighted by Gasteiger charge is 2.15. The predicted octanol–water partition coefficient (Wildman–Crippen LogP) is 3.94. The molecule has 0 bridgehead atoms. The molecule has 0 aliphatic carbocycles. The van der Waals surface area contributed by atoms with Crippen molar-refractivity contribution in [2.75, 3.05) is 5.32 Å². The van der Waals surface area contributed by atoms with E-state index in [1.807, 2.05) is 10.9 Å². The lowest BCUT2D eigenvalue weighted by molar-refractivity contribution is 0.347. The van der Waals surface area contributed by atoms with Crippen LogP contribution in [-0.2, 0) is 17.5 Å². The predicted molar refractivity (Wildman–Crippen MR) is 87.5 cm³/mol. The third-order valence-electron chi connectivity index (χ3n) is 3.45. The smallest absolute Gasteiger partial charge is 0.102 e. The SMILES string of the molecule is CC(C)(C)c1ccc(NCc2cn(C(C)(C)C)nn2)cc1. The second kappa shape index (κ2) is 5.51. The highest BCUT2D eigenvalue weighted by atomic mass is 15.4. The highest BCUT2D eigenvalue weighted by molar-refractivity contribution is 5.45. The van der Waals surface area contributed by atoms with Crippen molar-refractivity contribution >= 4 is 5.69 Å². The molecule has 21 heavy (non-hydrogen) atoms. The lowest BCUT2D eigenvalue weighted by Gasteiger charge is -2.19. The van der Waals surface area contributed by atoms with Crippen molar-refractivity contribution in [3.8, 4) is 0 Å². The molecule has 0 radical (unpaired) electrons. The fourth-order valence-electron chi connectivity index (χ4n) is 1.99. The topological polar surface area (TPSA) is 42.7 Å². The van der Waals surface area contributed by atoms with Gasteiger partial charge in [-0.25, -0.2) is 4.68 Å². The standard InChI is InChI=1S/C17H26N4/c1-16(2,3)13-7-9-14(10-8-13)18-11-15-12-21(20-19-15)17(4,5)6/h7-10,12,18H,11H2,1-6H3. The number of benzene rings is 1. The van der Waals surface area contributed by atoms with Gasteiger partial charge in [0.15, 0.2) is 0 Å². The molecule has 114 valence electrons. The Bertz CT molecular complexity index is 582. The number of hydrogen-bond donors (Lipinski definition) is 1. The first-order valence-corrected chi connectivity index (χ1v) is 7.42. The van der Waals surface area contributed by atoms with Gasteiger partial charge >= 0.3 is 0 Å². The number of anilines is 1. The van der Waals surface area contributed by atoms with Crippen LogP contribution < -0.4 is 5.32 Å². The Hall–Kier alpha value is -1.84. The maximum absolute atomic E-state index is 4.20. The number of aromatic nitrogens is 3. The Morgan fingerprint density at radius 2 is 1.62 bits per heavy atom. The zero-order chi connectivity index (χ0) is 15.7. The normalized spacial score (nSPS) is 12.5. The summed E-state index contributed by atoms with van der Waals surface area (Å²) in [5.41, 5.74) is 3.55. The lowest BCUT2D eigenvalue weighted by Crippen LogP contribution is -2.22. The average molecular weight is 286 g/mol. The molecule has 2 rings (SSSR count). The van der Waals surface area contributed by atoms with E-state index in [9.17, 15) is 0 Å². The van der Waals surface area contributed by atoms with Crippen molar-refractivity contribution in [1.29, 1.82) is 0 Å². The summed E-state index contributed by atoms with van der Waals surface area (Å²) in [6, 6.07) is 8.59. The van der Waals surface area contributed by atoms with Crippen molar-refractivity contribution in [2.45, 2.75) is 59.0 Å². The number of rotatable bonds is 3. The van der Waals surface area contributed by atoms with Gasteiger partial charge in [-0.15, -0.1) is 5.10 Å². The maximum Gasteiger partial charge on any atom is 0.102 e. The van der Waals surface area contributed by atoms with Crippen LogP contribution in [0.3, 0.4) is 0 Å². The summed E-state index contributed by atoms with van der Waals surface area (Å²) in [4.78, 5) is 0. The minimum atomic E-state index is -0.0282. The molecule has 0 saturated heterocycles. The molecule has 1 aromatic carbocycles. The highest BCUT2D eigenvalue weighted by Crippen LogP contribution is 2.23. The first kappa shape index (κ1) is 15.5. The zero-order valence-corrected chi connectivity index (χ0v) is 13.9. The van der Waals surface area contributed by atoms with Crippen molar-refractivity contribution in [3.63, 3.8) is 0 Å². The largest absolute Gasteiger partial charge is 0.379 e. The fourth-order valence-corrected chi connectivity index (χ4v) is 1.99. The van der Waals surface area contributed by atoms with Crippen LogP contribution in [0.2, 0.25) is 0 Å². The van der Waals surface area contributed by atoms with Gasteiger partial charge in [-0.2, -0.15) is 0 Å². The van der Waals surface area contributed by atoms with E-state index in [0.29, 0.717) is 6.54 Å². The van der Waals surface area contributed by atoms with Crippen LogP contribution in [0.5, 0.6) is 0 Å². The third kappa shape index (κ3) is 4.06.